The number of anilines is 1. The fourth-order valence-electron chi connectivity index (χ4n) is 2.26. The summed E-state index contributed by atoms with van der Waals surface area (Å²) in [5.74, 6) is 1.57. The number of nitrogens with one attached hydrogen (secondary N) is 1. The van der Waals surface area contributed by atoms with Crippen LogP contribution < -0.4 is 15.2 Å². The highest BCUT2D eigenvalue weighted by molar-refractivity contribution is 5.61. The third kappa shape index (κ3) is 3.83. The molecule has 0 aliphatic carbocycles. The lowest BCUT2D eigenvalue weighted by Crippen LogP contribution is -1.96. The van der Waals surface area contributed by atoms with Crippen molar-refractivity contribution in [1.82, 2.24) is 10.2 Å². The zero-order chi connectivity index (χ0) is 16.1. The van der Waals surface area contributed by atoms with E-state index in [0.29, 0.717) is 18.9 Å². The standard InChI is InChI=1S/C18H19N3O2/c1-2-22-16-7-3-5-13(9-16)18-11-15(20-21-18)12-23-17-8-4-6-14(19)10-17/h3-11H,2,12,19H2,1H3,(H,20,21). The lowest BCUT2D eigenvalue weighted by atomic mass is 10.1. The molecule has 3 aromatic rings. The Balaban J connectivity index is 1.69. The molecule has 0 spiro atoms. The van der Waals surface area contributed by atoms with Crippen LogP contribution >= 0.6 is 0 Å². The van der Waals surface area contributed by atoms with E-state index in [1.807, 2.05) is 55.5 Å². The van der Waals surface area contributed by atoms with Crippen LogP contribution in [0.25, 0.3) is 11.3 Å². The minimum atomic E-state index is 0.404. The number of hydrogen-bond donors (Lipinski definition) is 2. The highest BCUT2D eigenvalue weighted by Gasteiger charge is 2.06. The second-order valence-electron chi connectivity index (χ2n) is 5.10. The Hall–Kier alpha value is -2.95. The monoisotopic (exact) mass is 309 g/mol. The second kappa shape index (κ2) is 6.87. The lowest BCUT2D eigenvalue weighted by Gasteiger charge is -2.05. The van der Waals surface area contributed by atoms with Crippen molar-refractivity contribution in [3.8, 4) is 22.8 Å². The Morgan fingerprint density at radius 2 is 1.78 bits per heavy atom. The largest absolute Gasteiger partial charge is 0.494 e. The van der Waals surface area contributed by atoms with E-state index in [0.717, 1.165) is 28.5 Å². The first-order valence-electron chi connectivity index (χ1n) is 7.50. The number of ether oxygens (including phenoxy) is 2. The SMILES string of the molecule is CCOc1cccc(-c2cc(COc3cccc(N)c3)[nH]n2)c1. The maximum Gasteiger partial charge on any atom is 0.130 e. The van der Waals surface area contributed by atoms with Gasteiger partial charge in [0.2, 0.25) is 0 Å². The number of nitrogens with two attached hydrogens (primary N) is 1. The number of H-pyrrole nitrogens is 1. The van der Waals surface area contributed by atoms with Crippen molar-refractivity contribution in [2.45, 2.75) is 13.5 Å². The van der Waals surface area contributed by atoms with Crippen molar-refractivity contribution in [2.24, 2.45) is 0 Å². The maximum absolute atomic E-state index is 5.73. The van der Waals surface area contributed by atoms with Gasteiger partial charge in [0, 0.05) is 17.3 Å². The Labute approximate surface area is 135 Å². The average molecular weight is 309 g/mol. The van der Waals surface area contributed by atoms with Crippen LogP contribution in [0, 0.1) is 0 Å². The molecule has 0 radical (unpaired) electrons. The highest BCUT2D eigenvalue weighted by Crippen LogP contribution is 2.23. The van der Waals surface area contributed by atoms with Crippen molar-refractivity contribution in [3.63, 3.8) is 0 Å². The Morgan fingerprint density at radius 3 is 2.57 bits per heavy atom. The van der Waals surface area contributed by atoms with Gasteiger partial charge < -0.3 is 15.2 Å². The summed E-state index contributed by atoms with van der Waals surface area (Å²) in [6.45, 7) is 3.01. The van der Waals surface area contributed by atoms with Crippen molar-refractivity contribution in [2.75, 3.05) is 12.3 Å². The normalized spacial score (nSPS) is 10.5. The zero-order valence-electron chi connectivity index (χ0n) is 13.0. The molecule has 0 atom stereocenters. The molecular formula is C18H19N3O2. The Kier molecular flexibility index (Phi) is 4.47. The topological polar surface area (TPSA) is 73.2 Å². The molecule has 3 rings (SSSR count). The molecule has 0 unspecified atom stereocenters. The molecule has 0 aliphatic heterocycles. The number of rotatable bonds is 6. The summed E-state index contributed by atoms with van der Waals surface area (Å²) in [5, 5.41) is 7.33. The molecular weight excluding hydrogens is 290 g/mol. The van der Waals surface area contributed by atoms with Crippen molar-refractivity contribution < 1.29 is 9.47 Å². The van der Waals surface area contributed by atoms with Gasteiger partial charge in [0.1, 0.15) is 18.1 Å². The second-order valence-corrected chi connectivity index (χ2v) is 5.10. The van der Waals surface area contributed by atoms with E-state index in [1.54, 1.807) is 6.07 Å². The predicted octanol–water partition coefficient (Wildman–Crippen LogP) is 3.64. The molecule has 0 fully saturated rings. The zero-order valence-corrected chi connectivity index (χ0v) is 13.0. The van der Waals surface area contributed by atoms with E-state index >= 15 is 0 Å². The van der Waals surface area contributed by atoms with Gasteiger partial charge in [0.15, 0.2) is 0 Å². The summed E-state index contributed by atoms with van der Waals surface area (Å²) in [6, 6.07) is 17.2. The van der Waals surface area contributed by atoms with Crippen LogP contribution in [0.1, 0.15) is 12.6 Å². The van der Waals surface area contributed by atoms with Gasteiger partial charge in [-0.3, -0.25) is 5.10 Å². The number of aromatic amines is 1. The van der Waals surface area contributed by atoms with Crippen LogP contribution in [-0.2, 0) is 6.61 Å². The minimum Gasteiger partial charge on any atom is -0.494 e. The summed E-state index contributed by atoms with van der Waals surface area (Å²) in [6.07, 6.45) is 0. The third-order valence-electron chi connectivity index (χ3n) is 3.32. The minimum absolute atomic E-state index is 0.404. The van der Waals surface area contributed by atoms with E-state index in [9.17, 15) is 0 Å². The van der Waals surface area contributed by atoms with Gasteiger partial charge in [0.05, 0.1) is 18.0 Å². The smallest absolute Gasteiger partial charge is 0.130 e. The number of benzene rings is 2. The van der Waals surface area contributed by atoms with E-state index in [1.165, 1.54) is 0 Å². The summed E-state index contributed by atoms with van der Waals surface area (Å²) in [5.41, 5.74) is 9.17. The molecule has 5 heteroatoms. The van der Waals surface area contributed by atoms with Crippen molar-refractivity contribution in [1.29, 1.82) is 0 Å². The van der Waals surface area contributed by atoms with Gasteiger partial charge in [-0.05, 0) is 37.3 Å². The molecule has 1 heterocycles. The summed E-state index contributed by atoms with van der Waals surface area (Å²) in [7, 11) is 0. The number of hydrogen-bond acceptors (Lipinski definition) is 4. The van der Waals surface area contributed by atoms with Gasteiger partial charge in [-0.15, -0.1) is 0 Å². The van der Waals surface area contributed by atoms with E-state index in [4.69, 9.17) is 15.2 Å². The van der Waals surface area contributed by atoms with Crippen LogP contribution in [0.3, 0.4) is 0 Å². The Morgan fingerprint density at radius 1 is 1.00 bits per heavy atom. The first-order chi connectivity index (χ1) is 11.2. The average Bonchev–Trinajstić information content (AvgIpc) is 3.03. The summed E-state index contributed by atoms with van der Waals surface area (Å²) < 4.78 is 11.2. The fraction of sp³-hybridized carbons (Fsp3) is 0.167. The van der Waals surface area contributed by atoms with Crippen LogP contribution in [0.15, 0.2) is 54.6 Å². The molecule has 2 aromatic carbocycles. The van der Waals surface area contributed by atoms with Gasteiger partial charge in [0.25, 0.3) is 0 Å². The molecule has 118 valence electrons. The molecule has 0 saturated carbocycles. The molecule has 5 nitrogen and oxygen atoms in total. The molecule has 0 amide bonds. The van der Waals surface area contributed by atoms with E-state index < -0.39 is 0 Å². The van der Waals surface area contributed by atoms with Gasteiger partial charge in [-0.25, -0.2) is 0 Å². The predicted molar refractivity (Wildman–Crippen MR) is 90.4 cm³/mol. The Bertz CT molecular complexity index is 783. The van der Waals surface area contributed by atoms with E-state index in [-0.39, 0.29) is 0 Å². The van der Waals surface area contributed by atoms with Gasteiger partial charge >= 0.3 is 0 Å². The maximum atomic E-state index is 5.73. The number of nitrogens with zero attached hydrogens (tertiary/aromatic N) is 1. The number of aromatic nitrogens is 2. The van der Waals surface area contributed by atoms with Crippen LogP contribution in [0.5, 0.6) is 11.5 Å². The highest BCUT2D eigenvalue weighted by atomic mass is 16.5. The first kappa shape index (κ1) is 15.0. The quantitative estimate of drug-likeness (QED) is 0.682. The summed E-state index contributed by atoms with van der Waals surface area (Å²) in [4.78, 5) is 0. The van der Waals surface area contributed by atoms with Gasteiger partial charge in [-0.1, -0.05) is 18.2 Å². The van der Waals surface area contributed by atoms with Crippen LogP contribution in [0.4, 0.5) is 5.69 Å². The molecule has 0 bridgehead atoms. The molecule has 0 aliphatic rings. The molecule has 1 aromatic heterocycles. The lowest BCUT2D eigenvalue weighted by molar-refractivity contribution is 0.301. The number of nitrogen functional groups attached to an aromatic ring is 1. The molecule has 0 saturated heterocycles. The molecule has 23 heavy (non-hydrogen) atoms. The van der Waals surface area contributed by atoms with Crippen LogP contribution in [-0.4, -0.2) is 16.8 Å². The van der Waals surface area contributed by atoms with Gasteiger partial charge in [-0.2, -0.15) is 5.10 Å². The van der Waals surface area contributed by atoms with Crippen molar-refractivity contribution in [3.05, 3.63) is 60.3 Å². The third-order valence-corrected chi connectivity index (χ3v) is 3.32. The first-order valence-corrected chi connectivity index (χ1v) is 7.50. The molecule has 3 N–H and O–H groups in total. The van der Waals surface area contributed by atoms with Crippen molar-refractivity contribution >= 4 is 5.69 Å². The fourth-order valence-corrected chi connectivity index (χ4v) is 2.26. The summed E-state index contributed by atoms with van der Waals surface area (Å²) >= 11 is 0. The van der Waals surface area contributed by atoms with Crippen LogP contribution in [0.2, 0.25) is 0 Å². The van der Waals surface area contributed by atoms with E-state index in [2.05, 4.69) is 10.2 Å².